The Morgan fingerprint density at radius 3 is 2.41 bits per heavy atom. The van der Waals surface area contributed by atoms with Crippen LogP contribution in [-0.4, -0.2) is 25.0 Å². The summed E-state index contributed by atoms with van der Waals surface area (Å²) in [6, 6.07) is 15.9. The van der Waals surface area contributed by atoms with E-state index in [9.17, 15) is 18.0 Å². The number of hydrogen-bond donors (Lipinski definition) is 1. The number of nitrogens with zero attached hydrogens (tertiary/aromatic N) is 1. The summed E-state index contributed by atoms with van der Waals surface area (Å²) in [5.74, 6) is 1.12. The van der Waals surface area contributed by atoms with Gasteiger partial charge in [0.2, 0.25) is 5.91 Å². The first-order valence-electron chi connectivity index (χ1n) is 12.6. The monoisotopic (exact) mass is 472 g/mol. The molecule has 1 saturated carbocycles. The Morgan fingerprint density at radius 2 is 1.68 bits per heavy atom. The van der Waals surface area contributed by atoms with Crippen LogP contribution in [0.1, 0.15) is 62.5 Å². The van der Waals surface area contributed by atoms with Crippen molar-refractivity contribution in [3.05, 3.63) is 65.7 Å². The lowest BCUT2D eigenvalue weighted by Gasteiger charge is -2.39. The average molecular weight is 473 g/mol. The first-order valence-corrected chi connectivity index (χ1v) is 12.6. The van der Waals surface area contributed by atoms with Crippen LogP contribution in [0.3, 0.4) is 0 Å². The van der Waals surface area contributed by atoms with Crippen LogP contribution in [0.15, 0.2) is 54.6 Å². The van der Waals surface area contributed by atoms with Crippen molar-refractivity contribution < 1.29 is 18.0 Å². The molecule has 0 radical (unpaired) electrons. The van der Waals surface area contributed by atoms with E-state index in [1.807, 2.05) is 18.2 Å². The van der Waals surface area contributed by atoms with Gasteiger partial charge in [0, 0.05) is 31.2 Å². The molecule has 0 aromatic heterocycles. The number of hydrogen-bond acceptors (Lipinski definition) is 2. The van der Waals surface area contributed by atoms with Gasteiger partial charge in [-0.15, -0.1) is 0 Å². The summed E-state index contributed by atoms with van der Waals surface area (Å²) >= 11 is 0. The van der Waals surface area contributed by atoms with Crippen molar-refractivity contribution in [3.63, 3.8) is 0 Å². The fourth-order valence-electron chi connectivity index (χ4n) is 5.64. The molecular weight excluding hydrogens is 437 g/mol. The summed E-state index contributed by atoms with van der Waals surface area (Å²) < 4.78 is 38.7. The van der Waals surface area contributed by atoms with E-state index >= 15 is 0 Å². The summed E-state index contributed by atoms with van der Waals surface area (Å²) in [5, 5.41) is 3.33. The number of carbonyl (C=O) groups is 1. The van der Waals surface area contributed by atoms with E-state index in [1.165, 1.54) is 24.1 Å². The molecule has 0 bridgehead atoms. The SMILES string of the molecule is O=C(CCc1ccccc1)N[C@@H]1CCCC[C@H]1CC1CCCN(c2ccc(C(F)(F)F)cc2)C1. The predicted octanol–water partition coefficient (Wildman–Crippen LogP) is 6.62. The number of rotatable bonds is 7. The highest BCUT2D eigenvalue weighted by atomic mass is 19.4. The minimum Gasteiger partial charge on any atom is -0.371 e. The van der Waals surface area contributed by atoms with Crippen LogP contribution in [0.2, 0.25) is 0 Å². The third kappa shape index (κ3) is 6.77. The van der Waals surface area contributed by atoms with Crippen LogP contribution in [0.5, 0.6) is 0 Å². The summed E-state index contributed by atoms with van der Waals surface area (Å²) in [6.45, 7) is 1.75. The molecule has 2 fully saturated rings. The van der Waals surface area contributed by atoms with Crippen molar-refractivity contribution >= 4 is 11.6 Å². The Morgan fingerprint density at radius 1 is 0.941 bits per heavy atom. The number of alkyl halides is 3. The van der Waals surface area contributed by atoms with Crippen LogP contribution in [0, 0.1) is 11.8 Å². The molecule has 2 aromatic carbocycles. The Hall–Kier alpha value is -2.50. The number of carbonyl (C=O) groups excluding carboxylic acids is 1. The first kappa shape index (κ1) is 24.6. The number of amides is 1. The van der Waals surface area contributed by atoms with Gasteiger partial charge in [0.15, 0.2) is 0 Å². The van der Waals surface area contributed by atoms with Crippen molar-refractivity contribution in [3.8, 4) is 0 Å². The molecule has 1 amide bonds. The van der Waals surface area contributed by atoms with Gasteiger partial charge in [0.05, 0.1) is 5.56 Å². The summed E-state index contributed by atoms with van der Waals surface area (Å²) in [6.07, 6.45) is 4.77. The van der Waals surface area contributed by atoms with Gasteiger partial charge in [-0.05, 0) is 80.2 Å². The maximum atomic E-state index is 12.9. The van der Waals surface area contributed by atoms with Crippen LogP contribution in [0.4, 0.5) is 18.9 Å². The average Bonchev–Trinajstić information content (AvgIpc) is 2.84. The maximum Gasteiger partial charge on any atom is 0.416 e. The zero-order valence-corrected chi connectivity index (χ0v) is 19.7. The van der Waals surface area contributed by atoms with Gasteiger partial charge in [0.1, 0.15) is 0 Å². The van der Waals surface area contributed by atoms with Crippen LogP contribution >= 0.6 is 0 Å². The Balaban J connectivity index is 1.30. The molecule has 184 valence electrons. The fourth-order valence-corrected chi connectivity index (χ4v) is 5.64. The van der Waals surface area contributed by atoms with Gasteiger partial charge in [-0.2, -0.15) is 13.2 Å². The second kappa shape index (κ2) is 11.3. The summed E-state index contributed by atoms with van der Waals surface area (Å²) in [4.78, 5) is 14.9. The molecular formula is C28H35F3N2O. The lowest BCUT2D eigenvalue weighted by atomic mass is 9.77. The van der Waals surface area contributed by atoms with Gasteiger partial charge in [-0.1, -0.05) is 43.2 Å². The van der Waals surface area contributed by atoms with Crippen molar-refractivity contribution in [2.24, 2.45) is 11.8 Å². The first-order chi connectivity index (χ1) is 16.4. The zero-order valence-electron chi connectivity index (χ0n) is 19.7. The Labute approximate surface area is 200 Å². The summed E-state index contributed by atoms with van der Waals surface area (Å²) in [5.41, 5.74) is 1.45. The molecule has 4 rings (SSSR count). The topological polar surface area (TPSA) is 32.3 Å². The number of anilines is 1. The maximum absolute atomic E-state index is 12.9. The molecule has 0 spiro atoms. The van der Waals surface area contributed by atoms with Crippen LogP contribution in [0.25, 0.3) is 0 Å². The van der Waals surface area contributed by atoms with E-state index in [-0.39, 0.29) is 11.9 Å². The second-order valence-corrected chi connectivity index (χ2v) is 9.94. The number of nitrogens with one attached hydrogen (secondary N) is 1. The van der Waals surface area contributed by atoms with E-state index in [0.29, 0.717) is 18.3 Å². The van der Waals surface area contributed by atoms with Crippen molar-refractivity contribution in [1.29, 1.82) is 0 Å². The minimum atomic E-state index is -4.30. The third-order valence-electron chi connectivity index (χ3n) is 7.45. The molecule has 1 saturated heterocycles. The highest BCUT2D eigenvalue weighted by Crippen LogP contribution is 2.35. The molecule has 6 heteroatoms. The molecule has 1 N–H and O–H groups in total. The normalized spacial score (nSPS) is 23.5. The number of halogens is 3. The van der Waals surface area contributed by atoms with Gasteiger partial charge < -0.3 is 10.2 Å². The van der Waals surface area contributed by atoms with Crippen LogP contribution in [-0.2, 0) is 17.4 Å². The highest BCUT2D eigenvalue weighted by molar-refractivity contribution is 5.76. The Bertz CT molecular complexity index is 913. The minimum absolute atomic E-state index is 0.135. The Kier molecular flexibility index (Phi) is 8.17. The molecule has 34 heavy (non-hydrogen) atoms. The van der Waals surface area contributed by atoms with Crippen molar-refractivity contribution in [2.45, 2.75) is 70.0 Å². The van der Waals surface area contributed by atoms with E-state index in [4.69, 9.17) is 0 Å². The molecule has 1 unspecified atom stereocenters. The molecule has 1 aliphatic carbocycles. The van der Waals surface area contributed by atoms with Crippen LogP contribution < -0.4 is 10.2 Å². The van der Waals surface area contributed by atoms with E-state index in [0.717, 1.165) is 63.7 Å². The quantitative estimate of drug-likeness (QED) is 0.491. The highest BCUT2D eigenvalue weighted by Gasteiger charge is 2.32. The van der Waals surface area contributed by atoms with E-state index in [1.54, 1.807) is 12.1 Å². The number of benzene rings is 2. The molecule has 3 atom stereocenters. The van der Waals surface area contributed by atoms with Gasteiger partial charge in [-0.3, -0.25) is 4.79 Å². The molecule has 1 aliphatic heterocycles. The predicted molar refractivity (Wildman–Crippen MR) is 130 cm³/mol. The summed E-state index contributed by atoms with van der Waals surface area (Å²) in [7, 11) is 0. The molecule has 3 nitrogen and oxygen atoms in total. The van der Waals surface area contributed by atoms with Crippen molar-refractivity contribution in [2.75, 3.05) is 18.0 Å². The number of aryl methyl sites for hydroxylation is 1. The second-order valence-electron chi connectivity index (χ2n) is 9.94. The van der Waals surface area contributed by atoms with Gasteiger partial charge >= 0.3 is 6.18 Å². The molecule has 2 aliphatic rings. The molecule has 2 aromatic rings. The lowest BCUT2D eigenvalue weighted by Crippen LogP contribution is -2.44. The largest absolute Gasteiger partial charge is 0.416 e. The lowest BCUT2D eigenvalue weighted by molar-refractivity contribution is -0.137. The van der Waals surface area contributed by atoms with E-state index in [2.05, 4.69) is 22.3 Å². The molecule has 1 heterocycles. The van der Waals surface area contributed by atoms with E-state index < -0.39 is 11.7 Å². The number of piperidine rings is 1. The zero-order chi connectivity index (χ0) is 24.0. The van der Waals surface area contributed by atoms with Crippen molar-refractivity contribution in [1.82, 2.24) is 5.32 Å². The smallest absolute Gasteiger partial charge is 0.371 e. The third-order valence-corrected chi connectivity index (χ3v) is 7.45. The van der Waals surface area contributed by atoms with Gasteiger partial charge in [-0.25, -0.2) is 0 Å². The fraction of sp³-hybridized carbons (Fsp3) is 0.536. The standard InChI is InChI=1S/C28H35F3N2O/c29-28(30,31)24-13-15-25(16-14-24)33-18-6-9-22(20-33)19-23-10-4-5-11-26(23)32-27(34)17-12-21-7-2-1-3-8-21/h1-3,7-8,13-16,22-23,26H,4-6,9-12,17-20H2,(H,32,34)/t22?,23-,26+/m0/s1. The van der Waals surface area contributed by atoms with Gasteiger partial charge in [0.25, 0.3) is 0 Å².